The van der Waals surface area contributed by atoms with Gasteiger partial charge in [0.05, 0.1) is 6.04 Å². The molecule has 1 atom stereocenters. The standard InChI is InChI=1S/C17H29N3O/c1-3-14-8-7-13(11-15(14)4-2)12-16(19)17(21)20-10-6-5-9-18/h7-8,11,16H,3-6,9-10,12,18-19H2,1-2H3,(H,20,21)/t16-/m1/s1. The number of unbranched alkanes of at least 4 members (excludes halogenated alkanes) is 1. The zero-order valence-electron chi connectivity index (χ0n) is 13.3. The van der Waals surface area contributed by atoms with Gasteiger partial charge in [-0.05, 0) is 55.3 Å². The van der Waals surface area contributed by atoms with Gasteiger partial charge in [0.15, 0.2) is 0 Å². The van der Waals surface area contributed by atoms with E-state index in [9.17, 15) is 4.79 Å². The highest BCUT2D eigenvalue weighted by molar-refractivity contribution is 5.81. The lowest BCUT2D eigenvalue weighted by molar-refractivity contribution is -0.122. The topological polar surface area (TPSA) is 81.1 Å². The summed E-state index contributed by atoms with van der Waals surface area (Å²) in [4.78, 5) is 11.9. The number of hydrogen-bond acceptors (Lipinski definition) is 3. The van der Waals surface area contributed by atoms with Gasteiger partial charge in [-0.2, -0.15) is 0 Å². The highest BCUT2D eigenvalue weighted by Gasteiger charge is 2.14. The Morgan fingerprint density at radius 2 is 1.90 bits per heavy atom. The second-order valence-electron chi connectivity index (χ2n) is 5.41. The van der Waals surface area contributed by atoms with Crippen molar-refractivity contribution in [2.45, 2.75) is 52.0 Å². The van der Waals surface area contributed by atoms with Crippen LogP contribution < -0.4 is 16.8 Å². The molecule has 1 aromatic carbocycles. The Balaban J connectivity index is 2.53. The molecule has 0 aromatic heterocycles. The first-order chi connectivity index (χ1) is 10.1. The molecule has 0 unspecified atom stereocenters. The molecule has 1 aromatic rings. The van der Waals surface area contributed by atoms with Crippen LogP contribution in [0.15, 0.2) is 18.2 Å². The van der Waals surface area contributed by atoms with E-state index in [-0.39, 0.29) is 5.91 Å². The van der Waals surface area contributed by atoms with E-state index in [1.807, 2.05) is 0 Å². The number of rotatable bonds is 9. The fraction of sp³-hybridized carbons (Fsp3) is 0.588. The number of carbonyl (C=O) groups excluding carboxylic acids is 1. The van der Waals surface area contributed by atoms with Gasteiger partial charge < -0.3 is 16.8 Å². The fourth-order valence-electron chi connectivity index (χ4n) is 2.44. The van der Waals surface area contributed by atoms with E-state index in [0.29, 0.717) is 19.5 Å². The molecule has 21 heavy (non-hydrogen) atoms. The van der Waals surface area contributed by atoms with Crippen molar-refractivity contribution in [1.29, 1.82) is 0 Å². The summed E-state index contributed by atoms with van der Waals surface area (Å²) in [5.74, 6) is -0.0790. The molecule has 0 saturated carbocycles. The normalized spacial score (nSPS) is 12.2. The third-order valence-electron chi connectivity index (χ3n) is 3.75. The number of amides is 1. The first-order valence-electron chi connectivity index (χ1n) is 7.96. The predicted molar refractivity (Wildman–Crippen MR) is 88.2 cm³/mol. The van der Waals surface area contributed by atoms with Crippen LogP contribution in [0.25, 0.3) is 0 Å². The Morgan fingerprint density at radius 3 is 2.52 bits per heavy atom. The molecule has 4 heteroatoms. The Bertz CT molecular complexity index is 446. The van der Waals surface area contributed by atoms with Crippen molar-refractivity contribution in [2.24, 2.45) is 11.5 Å². The lowest BCUT2D eigenvalue weighted by Crippen LogP contribution is -2.42. The molecule has 0 bridgehead atoms. The van der Waals surface area contributed by atoms with Crippen LogP contribution in [0.5, 0.6) is 0 Å². The molecular weight excluding hydrogens is 262 g/mol. The molecule has 4 nitrogen and oxygen atoms in total. The molecule has 0 radical (unpaired) electrons. The summed E-state index contributed by atoms with van der Waals surface area (Å²) in [7, 11) is 0. The van der Waals surface area contributed by atoms with E-state index >= 15 is 0 Å². The molecule has 0 saturated heterocycles. The van der Waals surface area contributed by atoms with Crippen LogP contribution in [0.2, 0.25) is 0 Å². The largest absolute Gasteiger partial charge is 0.355 e. The number of benzene rings is 1. The SMILES string of the molecule is CCc1ccc(C[C@@H](N)C(=O)NCCCCN)cc1CC. The maximum absolute atomic E-state index is 11.9. The van der Waals surface area contributed by atoms with E-state index in [1.54, 1.807) is 0 Å². The van der Waals surface area contributed by atoms with Crippen LogP contribution in [0.3, 0.4) is 0 Å². The minimum absolute atomic E-state index is 0.0790. The average molecular weight is 291 g/mol. The van der Waals surface area contributed by atoms with Gasteiger partial charge >= 0.3 is 0 Å². The highest BCUT2D eigenvalue weighted by atomic mass is 16.2. The van der Waals surface area contributed by atoms with Crippen molar-refractivity contribution >= 4 is 5.91 Å². The van der Waals surface area contributed by atoms with Crippen molar-refractivity contribution in [3.63, 3.8) is 0 Å². The first-order valence-corrected chi connectivity index (χ1v) is 7.96. The van der Waals surface area contributed by atoms with Crippen LogP contribution in [0, 0.1) is 0 Å². The van der Waals surface area contributed by atoms with Gasteiger partial charge in [-0.1, -0.05) is 32.0 Å². The zero-order valence-corrected chi connectivity index (χ0v) is 13.3. The molecule has 0 aliphatic heterocycles. The minimum Gasteiger partial charge on any atom is -0.355 e. The second kappa shape index (κ2) is 9.53. The summed E-state index contributed by atoms with van der Waals surface area (Å²) >= 11 is 0. The van der Waals surface area contributed by atoms with E-state index in [0.717, 1.165) is 31.2 Å². The Labute approximate surface area is 128 Å². The maximum Gasteiger partial charge on any atom is 0.237 e. The van der Waals surface area contributed by atoms with Crippen molar-refractivity contribution in [2.75, 3.05) is 13.1 Å². The molecular formula is C17H29N3O. The van der Waals surface area contributed by atoms with Crippen molar-refractivity contribution < 1.29 is 4.79 Å². The van der Waals surface area contributed by atoms with Crippen molar-refractivity contribution in [1.82, 2.24) is 5.32 Å². The molecule has 1 amide bonds. The highest BCUT2D eigenvalue weighted by Crippen LogP contribution is 2.14. The quantitative estimate of drug-likeness (QED) is 0.604. The monoisotopic (exact) mass is 291 g/mol. The van der Waals surface area contributed by atoms with Crippen LogP contribution in [0.1, 0.15) is 43.4 Å². The summed E-state index contributed by atoms with van der Waals surface area (Å²) in [5.41, 5.74) is 15.3. The summed E-state index contributed by atoms with van der Waals surface area (Å²) in [6, 6.07) is 5.93. The maximum atomic E-state index is 11.9. The van der Waals surface area contributed by atoms with E-state index < -0.39 is 6.04 Å². The van der Waals surface area contributed by atoms with Gasteiger partial charge in [0.2, 0.25) is 5.91 Å². The lowest BCUT2D eigenvalue weighted by atomic mass is 9.97. The van der Waals surface area contributed by atoms with E-state index in [4.69, 9.17) is 11.5 Å². The molecule has 0 spiro atoms. The van der Waals surface area contributed by atoms with Crippen LogP contribution >= 0.6 is 0 Å². The van der Waals surface area contributed by atoms with Gasteiger partial charge in [0, 0.05) is 6.54 Å². The van der Waals surface area contributed by atoms with Crippen LogP contribution in [-0.4, -0.2) is 25.0 Å². The van der Waals surface area contributed by atoms with Gasteiger partial charge in [-0.3, -0.25) is 4.79 Å². The van der Waals surface area contributed by atoms with Gasteiger partial charge in [0.1, 0.15) is 0 Å². The number of hydrogen-bond donors (Lipinski definition) is 3. The van der Waals surface area contributed by atoms with Gasteiger partial charge in [-0.25, -0.2) is 0 Å². The number of carbonyl (C=O) groups is 1. The molecule has 5 N–H and O–H groups in total. The molecule has 0 aliphatic rings. The molecule has 1 rings (SSSR count). The van der Waals surface area contributed by atoms with E-state index in [1.165, 1.54) is 11.1 Å². The molecule has 0 aliphatic carbocycles. The van der Waals surface area contributed by atoms with Crippen LogP contribution in [0.4, 0.5) is 0 Å². The molecule has 0 heterocycles. The predicted octanol–water partition coefficient (Wildman–Crippen LogP) is 1.54. The zero-order chi connectivity index (χ0) is 15.7. The van der Waals surface area contributed by atoms with Crippen molar-refractivity contribution in [3.05, 3.63) is 34.9 Å². The third-order valence-corrected chi connectivity index (χ3v) is 3.75. The van der Waals surface area contributed by atoms with Crippen molar-refractivity contribution in [3.8, 4) is 0 Å². The Kier molecular flexibility index (Phi) is 8.01. The Morgan fingerprint density at radius 1 is 1.19 bits per heavy atom. The minimum atomic E-state index is -0.486. The summed E-state index contributed by atoms with van der Waals surface area (Å²) in [6.45, 7) is 5.63. The average Bonchev–Trinajstić information content (AvgIpc) is 2.51. The third kappa shape index (κ3) is 5.86. The van der Waals surface area contributed by atoms with E-state index in [2.05, 4.69) is 37.4 Å². The smallest absolute Gasteiger partial charge is 0.237 e. The summed E-state index contributed by atoms with van der Waals surface area (Å²) in [5, 5.41) is 2.87. The number of aryl methyl sites for hydroxylation is 2. The lowest BCUT2D eigenvalue weighted by Gasteiger charge is -2.14. The molecule has 118 valence electrons. The Hall–Kier alpha value is -1.39. The van der Waals surface area contributed by atoms with Gasteiger partial charge in [-0.15, -0.1) is 0 Å². The van der Waals surface area contributed by atoms with Crippen LogP contribution in [-0.2, 0) is 24.1 Å². The summed E-state index contributed by atoms with van der Waals surface area (Å²) in [6.07, 6.45) is 4.46. The molecule has 0 fully saturated rings. The fourth-order valence-corrected chi connectivity index (χ4v) is 2.44. The second-order valence-corrected chi connectivity index (χ2v) is 5.41. The first kappa shape index (κ1) is 17.7. The summed E-state index contributed by atoms with van der Waals surface area (Å²) < 4.78 is 0. The van der Waals surface area contributed by atoms with Gasteiger partial charge in [0.25, 0.3) is 0 Å². The number of nitrogens with two attached hydrogens (primary N) is 2. The number of nitrogens with one attached hydrogen (secondary N) is 1.